The predicted molar refractivity (Wildman–Crippen MR) is 122 cm³/mol. The predicted octanol–water partition coefficient (Wildman–Crippen LogP) is 3.77. The second kappa shape index (κ2) is 9.65. The van der Waals surface area contributed by atoms with Crippen LogP contribution in [0.4, 0.5) is 0 Å². The molecule has 2 aromatic rings. The van der Waals surface area contributed by atoms with Gasteiger partial charge in [-0.3, -0.25) is 19.3 Å². The van der Waals surface area contributed by atoms with E-state index in [4.69, 9.17) is 5.11 Å². The number of aliphatic carboxylic acids is 1. The Morgan fingerprint density at radius 1 is 1.03 bits per heavy atom. The Kier molecular flexibility index (Phi) is 6.70. The lowest BCUT2D eigenvalue weighted by Crippen LogP contribution is -2.42. The van der Waals surface area contributed by atoms with E-state index >= 15 is 0 Å². The molecule has 6 nitrogen and oxygen atoms in total. The van der Waals surface area contributed by atoms with E-state index < -0.39 is 11.9 Å². The zero-order valence-electron chi connectivity index (χ0n) is 18.5. The molecule has 1 atom stereocenters. The number of nitrogens with zero attached hydrogens (tertiary/aromatic N) is 2. The van der Waals surface area contributed by atoms with Gasteiger partial charge in [-0.2, -0.15) is 0 Å². The molecule has 2 aliphatic rings. The van der Waals surface area contributed by atoms with Crippen molar-refractivity contribution in [3.8, 4) is 11.1 Å². The molecule has 32 heavy (non-hydrogen) atoms. The molecule has 1 fully saturated rings. The third-order valence-electron chi connectivity index (χ3n) is 6.70. The molecule has 0 aromatic heterocycles. The fraction of sp³-hybridized carbons (Fsp3) is 0.423. The maximum Gasteiger partial charge on any atom is 0.303 e. The number of carbonyl (C=O) groups excluding carboxylic acids is 2. The van der Waals surface area contributed by atoms with Crippen LogP contribution in [-0.2, 0) is 22.4 Å². The molecule has 1 saturated heterocycles. The first kappa shape index (κ1) is 22.2. The van der Waals surface area contributed by atoms with E-state index in [1.807, 2.05) is 12.1 Å². The molecule has 0 spiro atoms. The molecule has 0 bridgehead atoms. The first-order chi connectivity index (χ1) is 15.4. The maximum absolute atomic E-state index is 12.8. The van der Waals surface area contributed by atoms with Gasteiger partial charge < -0.3 is 10.0 Å². The van der Waals surface area contributed by atoms with Gasteiger partial charge in [-0.25, -0.2) is 0 Å². The zero-order valence-corrected chi connectivity index (χ0v) is 18.5. The topological polar surface area (TPSA) is 77.9 Å². The van der Waals surface area contributed by atoms with Crippen LogP contribution in [-0.4, -0.2) is 58.4 Å². The van der Waals surface area contributed by atoms with Gasteiger partial charge in [-0.05, 0) is 67.5 Å². The molecule has 4 rings (SSSR count). The number of amides is 2. The average Bonchev–Trinajstić information content (AvgIpc) is 3.21. The summed E-state index contributed by atoms with van der Waals surface area (Å²) >= 11 is 0. The van der Waals surface area contributed by atoms with Crippen molar-refractivity contribution in [1.29, 1.82) is 0 Å². The molecular weight excluding hydrogens is 404 g/mol. The van der Waals surface area contributed by atoms with Gasteiger partial charge in [0.25, 0.3) is 5.91 Å². The number of fused-ring (bicyclic) bond motifs is 1. The van der Waals surface area contributed by atoms with Crippen LogP contribution in [0.2, 0.25) is 0 Å². The van der Waals surface area contributed by atoms with Crippen LogP contribution in [0.3, 0.4) is 0 Å². The molecule has 2 aromatic carbocycles. The van der Waals surface area contributed by atoms with Crippen LogP contribution in [0.5, 0.6) is 0 Å². The summed E-state index contributed by atoms with van der Waals surface area (Å²) in [6, 6.07) is 15.1. The van der Waals surface area contributed by atoms with Gasteiger partial charge in [-0.15, -0.1) is 0 Å². The Labute approximate surface area is 188 Å². The highest BCUT2D eigenvalue weighted by atomic mass is 16.4. The molecule has 1 N–H and O–H groups in total. The van der Waals surface area contributed by atoms with E-state index in [-0.39, 0.29) is 18.7 Å². The van der Waals surface area contributed by atoms with Crippen molar-refractivity contribution in [2.24, 2.45) is 0 Å². The molecule has 0 saturated carbocycles. The SMILES string of the molecule is C[C@@H]1CCCN1CCc1ccc(-c2ccc3c(c2)CCN(C(=O)CCC(=O)O)C3=O)cc1. The number of imide groups is 1. The summed E-state index contributed by atoms with van der Waals surface area (Å²) in [7, 11) is 0. The van der Waals surface area contributed by atoms with E-state index in [0.29, 0.717) is 24.6 Å². The highest BCUT2D eigenvalue weighted by Gasteiger charge is 2.29. The van der Waals surface area contributed by atoms with E-state index in [2.05, 4.69) is 36.1 Å². The van der Waals surface area contributed by atoms with E-state index in [9.17, 15) is 14.4 Å². The van der Waals surface area contributed by atoms with Crippen molar-refractivity contribution >= 4 is 17.8 Å². The number of likely N-dealkylation sites (tertiary alicyclic amines) is 1. The van der Waals surface area contributed by atoms with Crippen molar-refractivity contribution in [3.05, 3.63) is 59.2 Å². The van der Waals surface area contributed by atoms with Crippen LogP contribution in [0.15, 0.2) is 42.5 Å². The molecule has 0 aliphatic carbocycles. The van der Waals surface area contributed by atoms with Gasteiger partial charge in [-0.1, -0.05) is 36.4 Å². The number of benzene rings is 2. The van der Waals surface area contributed by atoms with Crippen molar-refractivity contribution < 1.29 is 19.5 Å². The second-order valence-corrected chi connectivity index (χ2v) is 8.84. The Hall–Kier alpha value is -2.99. The van der Waals surface area contributed by atoms with Crippen molar-refractivity contribution in [2.75, 3.05) is 19.6 Å². The Balaban J connectivity index is 1.41. The number of hydrogen-bond donors (Lipinski definition) is 1. The summed E-state index contributed by atoms with van der Waals surface area (Å²) in [6.45, 7) is 4.91. The van der Waals surface area contributed by atoms with Crippen LogP contribution < -0.4 is 0 Å². The smallest absolute Gasteiger partial charge is 0.303 e. The Bertz CT molecular complexity index is 1010. The molecule has 0 unspecified atom stereocenters. The standard InChI is InChI=1S/C26H30N2O4/c1-18-3-2-14-27(18)15-12-19-4-6-20(7-5-19)21-8-9-23-22(17-21)13-16-28(26(23)32)24(29)10-11-25(30)31/h4-9,17-18H,2-3,10-16H2,1H3,(H,30,31)/t18-/m1/s1. The lowest BCUT2D eigenvalue weighted by atomic mass is 9.93. The second-order valence-electron chi connectivity index (χ2n) is 8.84. The molecular formula is C26H30N2O4. The summed E-state index contributed by atoms with van der Waals surface area (Å²) in [5.74, 6) is -1.80. The van der Waals surface area contributed by atoms with Crippen molar-refractivity contribution in [1.82, 2.24) is 9.80 Å². The first-order valence-electron chi connectivity index (χ1n) is 11.4. The Morgan fingerprint density at radius 3 is 2.47 bits per heavy atom. The van der Waals surface area contributed by atoms with Crippen molar-refractivity contribution in [3.63, 3.8) is 0 Å². The number of rotatable bonds is 7. The Morgan fingerprint density at radius 2 is 1.78 bits per heavy atom. The largest absolute Gasteiger partial charge is 0.481 e. The molecule has 2 heterocycles. The van der Waals surface area contributed by atoms with E-state index in [0.717, 1.165) is 29.7 Å². The van der Waals surface area contributed by atoms with Gasteiger partial charge in [0.05, 0.1) is 6.42 Å². The van der Waals surface area contributed by atoms with Crippen LogP contribution in [0.25, 0.3) is 11.1 Å². The zero-order chi connectivity index (χ0) is 22.7. The molecule has 2 amide bonds. The van der Waals surface area contributed by atoms with E-state index in [1.54, 1.807) is 6.07 Å². The number of carboxylic acid groups (broad SMARTS) is 1. The quantitative estimate of drug-likeness (QED) is 0.718. The third-order valence-corrected chi connectivity index (χ3v) is 6.70. The van der Waals surface area contributed by atoms with Gasteiger partial charge >= 0.3 is 5.97 Å². The van der Waals surface area contributed by atoms with Gasteiger partial charge in [0.15, 0.2) is 0 Å². The first-order valence-corrected chi connectivity index (χ1v) is 11.4. The maximum atomic E-state index is 12.8. The van der Waals surface area contributed by atoms with E-state index in [1.165, 1.54) is 29.8 Å². The fourth-order valence-corrected chi connectivity index (χ4v) is 4.72. The van der Waals surface area contributed by atoms with Crippen LogP contribution in [0.1, 0.15) is 54.1 Å². The van der Waals surface area contributed by atoms with Gasteiger partial charge in [0, 0.05) is 31.1 Å². The van der Waals surface area contributed by atoms with Gasteiger partial charge in [0.1, 0.15) is 0 Å². The van der Waals surface area contributed by atoms with Crippen LogP contribution >= 0.6 is 0 Å². The molecule has 6 heteroatoms. The monoisotopic (exact) mass is 434 g/mol. The summed E-state index contributed by atoms with van der Waals surface area (Å²) in [5, 5.41) is 8.77. The average molecular weight is 435 g/mol. The number of hydrogen-bond acceptors (Lipinski definition) is 4. The summed E-state index contributed by atoms with van der Waals surface area (Å²) in [4.78, 5) is 39.4. The number of carboxylic acids is 1. The molecule has 2 aliphatic heterocycles. The third kappa shape index (κ3) is 4.91. The van der Waals surface area contributed by atoms with Crippen LogP contribution in [0, 0.1) is 0 Å². The minimum absolute atomic E-state index is 0.155. The highest BCUT2D eigenvalue weighted by Crippen LogP contribution is 2.27. The number of carbonyl (C=O) groups is 3. The molecule has 0 radical (unpaired) electrons. The minimum atomic E-state index is -1.04. The highest BCUT2D eigenvalue weighted by molar-refractivity contribution is 6.07. The summed E-state index contributed by atoms with van der Waals surface area (Å²) < 4.78 is 0. The van der Waals surface area contributed by atoms with Gasteiger partial charge in [0.2, 0.25) is 5.91 Å². The normalized spacial score (nSPS) is 18.6. The summed E-state index contributed by atoms with van der Waals surface area (Å²) in [5.41, 5.74) is 4.96. The van der Waals surface area contributed by atoms with Crippen molar-refractivity contribution in [2.45, 2.75) is 51.5 Å². The molecule has 168 valence electrons. The fourth-order valence-electron chi connectivity index (χ4n) is 4.72. The minimum Gasteiger partial charge on any atom is -0.481 e. The lowest BCUT2D eigenvalue weighted by Gasteiger charge is -2.27. The summed E-state index contributed by atoms with van der Waals surface area (Å²) in [6.07, 6.45) is 3.82. The lowest BCUT2D eigenvalue weighted by molar-refractivity contribution is -0.140.